The molecule has 0 N–H and O–H groups in total. The van der Waals surface area contributed by atoms with E-state index in [0.717, 1.165) is 0 Å². The summed E-state index contributed by atoms with van der Waals surface area (Å²) in [7, 11) is 4.91. The molecule has 160 valence electrons. The van der Waals surface area contributed by atoms with Crippen molar-refractivity contribution in [1.29, 1.82) is 0 Å². The maximum absolute atomic E-state index is 11.1. The highest BCUT2D eigenvalue weighted by Gasteiger charge is 2.16. The number of pyridine rings is 2. The molecule has 0 aromatic carbocycles. The molecule has 0 saturated carbocycles. The van der Waals surface area contributed by atoms with Gasteiger partial charge in [0.15, 0.2) is 11.4 Å². The fraction of sp³-hybridized carbons (Fsp3) is 0.222. The highest BCUT2D eigenvalue weighted by molar-refractivity contribution is 6.34. The largest absolute Gasteiger partial charge is 0.465 e. The van der Waals surface area contributed by atoms with Gasteiger partial charge < -0.3 is 18.9 Å². The number of carbonyl (C=O) groups is 4. The van der Waals surface area contributed by atoms with E-state index in [1.165, 1.54) is 53.0 Å². The Bertz CT molecular complexity index is 888. The molecule has 0 aliphatic carbocycles. The molecule has 2 rings (SSSR count). The number of halogens is 2. The maximum atomic E-state index is 11.1. The van der Waals surface area contributed by atoms with Crippen LogP contribution >= 0.6 is 23.2 Å². The van der Waals surface area contributed by atoms with Crippen molar-refractivity contribution in [2.75, 3.05) is 28.4 Å². The van der Waals surface area contributed by atoms with Crippen molar-refractivity contribution in [3.63, 3.8) is 0 Å². The molecular weight excluding hydrogens is 443 g/mol. The van der Waals surface area contributed by atoms with Gasteiger partial charge in [-0.3, -0.25) is 0 Å². The first-order valence-corrected chi connectivity index (χ1v) is 8.60. The van der Waals surface area contributed by atoms with Gasteiger partial charge in [-0.05, 0) is 12.1 Å². The van der Waals surface area contributed by atoms with Crippen molar-refractivity contribution < 1.29 is 38.1 Å². The van der Waals surface area contributed by atoms with Crippen molar-refractivity contribution in [1.82, 2.24) is 9.97 Å². The van der Waals surface area contributed by atoms with Crippen LogP contribution in [0.4, 0.5) is 0 Å². The highest BCUT2D eigenvalue weighted by Crippen LogP contribution is 2.17. The van der Waals surface area contributed by atoms with Gasteiger partial charge in [0, 0.05) is 12.4 Å². The summed E-state index contributed by atoms with van der Waals surface area (Å²) in [6.45, 7) is 0. The van der Waals surface area contributed by atoms with Crippen molar-refractivity contribution in [2.24, 2.45) is 0 Å². The Morgan fingerprint density at radius 3 is 1.17 bits per heavy atom. The number of esters is 4. The van der Waals surface area contributed by atoms with Gasteiger partial charge in [-0.2, -0.15) is 0 Å². The van der Waals surface area contributed by atoms with Crippen molar-refractivity contribution >= 4 is 47.1 Å². The Morgan fingerprint density at radius 1 is 0.633 bits per heavy atom. The van der Waals surface area contributed by atoms with Crippen LogP contribution in [0.15, 0.2) is 24.5 Å². The molecule has 2 aromatic heterocycles. The second-order valence-electron chi connectivity index (χ2n) is 5.08. The lowest BCUT2D eigenvalue weighted by molar-refractivity contribution is 0.0581. The number of methoxy groups -OCH3 is 4. The SMILES string of the molecule is COC(=O)c1cnc(C(=O)OC)c(Cl)c1.COC(=O)c1cnc(C(=O)OC)c(Cl)c1. The fourth-order valence-corrected chi connectivity index (χ4v) is 2.32. The molecule has 0 aliphatic heterocycles. The number of rotatable bonds is 4. The molecule has 0 atom stereocenters. The second kappa shape index (κ2) is 11.7. The zero-order valence-corrected chi connectivity index (χ0v) is 17.7. The normalized spacial score (nSPS) is 9.53. The Balaban J connectivity index is 0.000000300. The first kappa shape index (κ1) is 24.8. The van der Waals surface area contributed by atoms with Gasteiger partial charge >= 0.3 is 23.9 Å². The molecule has 10 nitrogen and oxygen atoms in total. The van der Waals surface area contributed by atoms with E-state index in [1.807, 2.05) is 0 Å². The number of nitrogens with zero attached hydrogens (tertiary/aromatic N) is 2. The number of carbonyl (C=O) groups excluding carboxylic acids is 4. The summed E-state index contributed by atoms with van der Waals surface area (Å²) >= 11 is 11.5. The van der Waals surface area contributed by atoms with E-state index in [-0.39, 0.29) is 32.6 Å². The molecule has 0 unspecified atom stereocenters. The summed E-state index contributed by atoms with van der Waals surface area (Å²) in [5.41, 5.74) is 0.281. The van der Waals surface area contributed by atoms with E-state index in [2.05, 4.69) is 28.9 Å². The van der Waals surface area contributed by atoms with E-state index < -0.39 is 23.9 Å². The first-order chi connectivity index (χ1) is 14.2. The summed E-state index contributed by atoms with van der Waals surface area (Å²) in [6.07, 6.45) is 2.40. The van der Waals surface area contributed by atoms with Gasteiger partial charge in [0.05, 0.1) is 49.6 Å². The molecule has 0 spiro atoms. The third-order valence-electron chi connectivity index (χ3n) is 3.28. The zero-order chi connectivity index (χ0) is 22.8. The van der Waals surface area contributed by atoms with E-state index in [9.17, 15) is 19.2 Å². The third kappa shape index (κ3) is 6.39. The Hall–Kier alpha value is -3.24. The number of hydrogen-bond donors (Lipinski definition) is 0. The minimum absolute atomic E-state index is 0.0354. The average molecular weight is 459 g/mol. The molecule has 0 saturated heterocycles. The number of ether oxygens (including phenoxy) is 4. The van der Waals surface area contributed by atoms with Crippen LogP contribution in [0.25, 0.3) is 0 Å². The van der Waals surface area contributed by atoms with Crippen LogP contribution in [-0.2, 0) is 18.9 Å². The Labute approximate surface area is 181 Å². The first-order valence-electron chi connectivity index (χ1n) is 7.84. The van der Waals surface area contributed by atoms with Gasteiger partial charge in [-0.25, -0.2) is 29.1 Å². The summed E-state index contributed by atoms with van der Waals surface area (Å²) in [5.74, 6) is -2.45. The molecule has 0 bridgehead atoms. The predicted octanol–water partition coefficient (Wildman–Crippen LogP) is 2.62. The molecule has 0 radical (unpaired) electrons. The Kier molecular flexibility index (Phi) is 9.66. The van der Waals surface area contributed by atoms with Crippen LogP contribution in [0, 0.1) is 0 Å². The van der Waals surface area contributed by atoms with Gasteiger partial charge in [0.25, 0.3) is 0 Å². The summed E-state index contributed by atoms with van der Waals surface area (Å²) < 4.78 is 17.8. The third-order valence-corrected chi connectivity index (χ3v) is 3.86. The quantitative estimate of drug-likeness (QED) is 0.497. The average Bonchev–Trinajstić information content (AvgIpc) is 2.77. The standard InChI is InChI=1S/2C9H8ClNO4/c2*1-14-8(12)5-3-6(10)7(11-4-5)9(13)15-2/h2*3-4H,1-2H3. The lowest BCUT2D eigenvalue weighted by atomic mass is 10.2. The van der Waals surface area contributed by atoms with E-state index in [1.54, 1.807) is 0 Å². The lowest BCUT2D eigenvalue weighted by Gasteiger charge is -2.03. The Morgan fingerprint density at radius 2 is 0.933 bits per heavy atom. The predicted molar refractivity (Wildman–Crippen MR) is 104 cm³/mol. The lowest BCUT2D eigenvalue weighted by Crippen LogP contribution is -2.08. The van der Waals surface area contributed by atoms with E-state index in [0.29, 0.717) is 0 Å². The summed E-state index contributed by atoms with van der Waals surface area (Å²) in [6, 6.07) is 2.60. The van der Waals surface area contributed by atoms with Gasteiger partial charge in [-0.15, -0.1) is 0 Å². The molecule has 12 heteroatoms. The second-order valence-corrected chi connectivity index (χ2v) is 5.89. The van der Waals surface area contributed by atoms with Crippen LogP contribution in [0.5, 0.6) is 0 Å². The van der Waals surface area contributed by atoms with Gasteiger partial charge in [0.1, 0.15) is 0 Å². The van der Waals surface area contributed by atoms with Crippen LogP contribution in [0.3, 0.4) is 0 Å². The van der Waals surface area contributed by atoms with Crippen molar-refractivity contribution in [3.8, 4) is 0 Å². The van der Waals surface area contributed by atoms with E-state index >= 15 is 0 Å². The molecule has 0 amide bonds. The summed E-state index contributed by atoms with van der Waals surface area (Å²) in [5, 5.41) is 0.0921. The smallest absolute Gasteiger partial charge is 0.358 e. The van der Waals surface area contributed by atoms with Gasteiger partial charge in [0.2, 0.25) is 0 Å². The van der Waals surface area contributed by atoms with Gasteiger partial charge in [-0.1, -0.05) is 23.2 Å². The molecule has 0 fully saturated rings. The topological polar surface area (TPSA) is 131 Å². The monoisotopic (exact) mass is 458 g/mol. The van der Waals surface area contributed by atoms with Crippen LogP contribution < -0.4 is 0 Å². The zero-order valence-electron chi connectivity index (χ0n) is 16.2. The molecule has 2 heterocycles. The molecule has 0 aliphatic rings. The number of hydrogen-bond acceptors (Lipinski definition) is 10. The van der Waals surface area contributed by atoms with E-state index in [4.69, 9.17) is 23.2 Å². The fourth-order valence-electron chi connectivity index (χ4n) is 1.83. The number of aromatic nitrogens is 2. The summed E-state index contributed by atoms with van der Waals surface area (Å²) in [4.78, 5) is 51.8. The molecular formula is C18H16Cl2N2O8. The molecule has 30 heavy (non-hydrogen) atoms. The van der Waals surface area contributed by atoms with Crippen LogP contribution in [0.2, 0.25) is 10.0 Å². The molecule has 2 aromatic rings. The van der Waals surface area contributed by atoms with Crippen molar-refractivity contribution in [3.05, 3.63) is 57.1 Å². The highest BCUT2D eigenvalue weighted by atomic mass is 35.5. The minimum Gasteiger partial charge on any atom is -0.465 e. The van der Waals surface area contributed by atoms with Crippen LogP contribution in [0.1, 0.15) is 41.7 Å². The minimum atomic E-state index is -0.656. The maximum Gasteiger partial charge on any atom is 0.358 e. The van der Waals surface area contributed by atoms with Crippen LogP contribution in [-0.4, -0.2) is 62.3 Å². The van der Waals surface area contributed by atoms with Crippen molar-refractivity contribution in [2.45, 2.75) is 0 Å².